The molecule has 9 heteroatoms. The monoisotopic (exact) mass is 440 g/mol. The van der Waals surface area contributed by atoms with E-state index in [2.05, 4.69) is 4.99 Å². The van der Waals surface area contributed by atoms with E-state index in [0.717, 1.165) is 10.2 Å². The molecule has 28 heavy (non-hydrogen) atoms. The SMILES string of the molecule is COCCn1c(=NC(=O)c2cc(OC)cc(OC)c2)sc2cc(Cl)cc(Cl)c21. The molecule has 0 bridgehead atoms. The van der Waals surface area contributed by atoms with Gasteiger partial charge in [0, 0.05) is 30.3 Å². The number of carbonyl (C=O) groups is 1. The van der Waals surface area contributed by atoms with Gasteiger partial charge in [-0.25, -0.2) is 0 Å². The lowest BCUT2D eigenvalue weighted by molar-refractivity contribution is 0.0996. The summed E-state index contributed by atoms with van der Waals surface area (Å²) in [6.45, 7) is 0.935. The number of hydrogen-bond donors (Lipinski definition) is 0. The molecular weight excluding hydrogens is 423 g/mol. The van der Waals surface area contributed by atoms with Crippen molar-refractivity contribution in [1.29, 1.82) is 0 Å². The summed E-state index contributed by atoms with van der Waals surface area (Å²) in [5.41, 5.74) is 1.12. The van der Waals surface area contributed by atoms with Crippen LogP contribution in [-0.2, 0) is 11.3 Å². The highest BCUT2D eigenvalue weighted by Gasteiger charge is 2.14. The van der Waals surface area contributed by atoms with Crippen LogP contribution >= 0.6 is 34.5 Å². The summed E-state index contributed by atoms with van der Waals surface area (Å²) in [6, 6.07) is 8.39. The minimum Gasteiger partial charge on any atom is -0.497 e. The maximum absolute atomic E-state index is 12.8. The molecule has 1 amide bonds. The zero-order valence-corrected chi connectivity index (χ0v) is 17.8. The summed E-state index contributed by atoms with van der Waals surface area (Å²) in [4.78, 5) is 17.6. The van der Waals surface area contributed by atoms with Crippen molar-refractivity contribution in [1.82, 2.24) is 4.57 Å². The fraction of sp³-hybridized carbons (Fsp3) is 0.263. The number of ether oxygens (including phenoxy) is 3. The van der Waals surface area contributed by atoms with E-state index in [1.807, 2.05) is 4.57 Å². The maximum atomic E-state index is 12.8. The van der Waals surface area contributed by atoms with E-state index in [0.29, 0.717) is 45.1 Å². The predicted molar refractivity (Wildman–Crippen MR) is 111 cm³/mol. The second kappa shape index (κ2) is 8.96. The molecule has 148 valence electrons. The van der Waals surface area contributed by atoms with Crippen LogP contribution in [0.3, 0.4) is 0 Å². The van der Waals surface area contributed by atoms with Crippen molar-refractivity contribution in [2.24, 2.45) is 4.99 Å². The number of aromatic nitrogens is 1. The van der Waals surface area contributed by atoms with Crippen LogP contribution in [-0.4, -0.2) is 38.4 Å². The number of carbonyl (C=O) groups excluding carboxylic acids is 1. The molecule has 1 aromatic heterocycles. The summed E-state index contributed by atoms with van der Waals surface area (Å²) in [6.07, 6.45) is 0. The van der Waals surface area contributed by atoms with E-state index in [-0.39, 0.29) is 0 Å². The van der Waals surface area contributed by atoms with E-state index >= 15 is 0 Å². The Labute approximate surface area is 175 Å². The van der Waals surface area contributed by atoms with Crippen molar-refractivity contribution in [2.75, 3.05) is 27.9 Å². The van der Waals surface area contributed by atoms with Gasteiger partial charge in [0.2, 0.25) is 0 Å². The van der Waals surface area contributed by atoms with Gasteiger partial charge in [-0.05, 0) is 24.3 Å². The zero-order chi connectivity index (χ0) is 20.3. The Morgan fingerprint density at radius 1 is 1.07 bits per heavy atom. The molecule has 0 aliphatic heterocycles. The Hall–Kier alpha value is -2.06. The minimum absolute atomic E-state index is 0.357. The lowest BCUT2D eigenvalue weighted by Gasteiger charge is -2.07. The van der Waals surface area contributed by atoms with Gasteiger partial charge in [0.15, 0.2) is 4.80 Å². The summed E-state index contributed by atoms with van der Waals surface area (Å²) in [5, 5.41) is 1.01. The molecular formula is C19H18Cl2N2O4S. The summed E-state index contributed by atoms with van der Waals surface area (Å²) in [5.74, 6) is 0.602. The number of thiazole rings is 1. The summed E-state index contributed by atoms with van der Waals surface area (Å²) < 4.78 is 18.3. The lowest BCUT2D eigenvalue weighted by Crippen LogP contribution is -2.19. The lowest BCUT2D eigenvalue weighted by atomic mass is 10.2. The fourth-order valence-electron chi connectivity index (χ4n) is 2.69. The van der Waals surface area contributed by atoms with Gasteiger partial charge in [-0.3, -0.25) is 4.79 Å². The highest BCUT2D eigenvalue weighted by Crippen LogP contribution is 2.30. The first kappa shape index (κ1) is 20.7. The van der Waals surface area contributed by atoms with Gasteiger partial charge in [-0.2, -0.15) is 4.99 Å². The Morgan fingerprint density at radius 2 is 1.75 bits per heavy atom. The number of fused-ring (bicyclic) bond motifs is 1. The van der Waals surface area contributed by atoms with Gasteiger partial charge >= 0.3 is 0 Å². The molecule has 0 saturated carbocycles. The number of benzene rings is 2. The van der Waals surface area contributed by atoms with E-state index in [1.54, 1.807) is 37.4 Å². The average molecular weight is 441 g/mol. The fourth-order valence-corrected chi connectivity index (χ4v) is 4.52. The molecule has 0 radical (unpaired) electrons. The third kappa shape index (κ3) is 4.33. The van der Waals surface area contributed by atoms with Crippen LogP contribution in [0, 0.1) is 0 Å². The first-order valence-corrected chi connectivity index (χ1v) is 9.83. The van der Waals surface area contributed by atoms with Crippen LogP contribution in [0.15, 0.2) is 35.3 Å². The van der Waals surface area contributed by atoms with Gasteiger partial charge in [0.05, 0.1) is 36.1 Å². The molecule has 0 atom stereocenters. The van der Waals surface area contributed by atoms with Crippen molar-refractivity contribution < 1.29 is 19.0 Å². The number of nitrogens with zero attached hydrogens (tertiary/aromatic N) is 2. The number of amides is 1. The van der Waals surface area contributed by atoms with Crippen molar-refractivity contribution in [3.8, 4) is 11.5 Å². The molecule has 0 aliphatic rings. The quantitative estimate of drug-likeness (QED) is 0.569. The topological polar surface area (TPSA) is 62.1 Å². The third-order valence-electron chi connectivity index (χ3n) is 4.01. The second-order valence-electron chi connectivity index (χ2n) is 5.78. The van der Waals surface area contributed by atoms with Crippen LogP contribution in [0.25, 0.3) is 10.2 Å². The Bertz CT molecular complexity index is 1070. The predicted octanol–water partition coefficient (Wildman–Crippen LogP) is 4.41. The van der Waals surface area contributed by atoms with Crippen LogP contribution in [0.5, 0.6) is 11.5 Å². The molecule has 0 saturated heterocycles. The van der Waals surface area contributed by atoms with Crippen LogP contribution in [0.1, 0.15) is 10.4 Å². The molecule has 3 rings (SSSR count). The first-order chi connectivity index (χ1) is 13.5. The molecule has 0 fully saturated rings. The third-order valence-corrected chi connectivity index (χ3v) is 5.54. The first-order valence-electron chi connectivity index (χ1n) is 8.26. The minimum atomic E-state index is -0.419. The van der Waals surface area contributed by atoms with Crippen molar-refractivity contribution in [3.05, 3.63) is 50.7 Å². The van der Waals surface area contributed by atoms with Gasteiger partial charge in [-0.1, -0.05) is 34.5 Å². The van der Waals surface area contributed by atoms with Crippen molar-refractivity contribution in [2.45, 2.75) is 6.54 Å². The summed E-state index contributed by atoms with van der Waals surface area (Å²) >= 11 is 13.8. The largest absolute Gasteiger partial charge is 0.497 e. The molecule has 0 N–H and O–H groups in total. The molecule has 2 aromatic carbocycles. The normalized spacial score (nSPS) is 11.8. The van der Waals surface area contributed by atoms with Gasteiger partial charge in [0.1, 0.15) is 11.5 Å². The van der Waals surface area contributed by atoms with E-state index in [1.165, 1.54) is 25.6 Å². The maximum Gasteiger partial charge on any atom is 0.279 e. The number of methoxy groups -OCH3 is 3. The van der Waals surface area contributed by atoms with E-state index < -0.39 is 5.91 Å². The summed E-state index contributed by atoms with van der Waals surface area (Å²) in [7, 11) is 4.66. The van der Waals surface area contributed by atoms with Gasteiger partial charge in [0.25, 0.3) is 5.91 Å². The highest BCUT2D eigenvalue weighted by molar-refractivity contribution is 7.16. The second-order valence-corrected chi connectivity index (χ2v) is 7.63. The average Bonchev–Trinajstić information content (AvgIpc) is 3.02. The van der Waals surface area contributed by atoms with Crippen molar-refractivity contribution >= 4 is 50.7 Å². The van der Waals surface area contributed by atoms with E-state index in [9.17, 15) is 4.79 Å². The standard InChI is InChI=1S/C19H18Cl2N2O4S/c1-25-5-4-23-17-15(21)8-12(20)9-16(17)28-19(23)22-18(24)11-6-13(26-2)10-14(7-11)27-3/h6-10H,4-5H2,1-3H3. The molecule has 0 aliphatic carbocycles. The number of hydrogen-bond acceptors (Lipinski definition) is 5. The molecule has 1 heterocycles. The number of halogens is 2. The van der Waals surface area contributed by atoms with Gasteiger partial charge < -0.3 is 18.8 Å². The number of rotatable bonds is 6. The van der Waals surface area contributed by atoms with Crippen LogP contribution in [0.4, 0.5) is 0 Å². The van der Waals surface area contributed by atoms with Crippen LogP contribution in [0.2, 0.25) is 10.0 Å². The molecule has 3 aromatic rings. The Kier molecular flexibility index (Phi) is 6.61. The smallest absolute Gasteiger partial charge is 0.279 e. The molecule has 0 unspecified atom stereocenters. The van der Waals surface area contributed by atoms with Crippen molar-refractivity contribution in [3.63, 3.8) is 0 Å². The highest BCUT2D eigenvalue weighted by atomic mass is 35.5. The molecule has 0 spiro atoms. The van der Waals surface area contributed by atoms with Crippen LogP contribution < -0.4 is 14.3 Å². The Morgan fingerprint density at radius 3 is 2.36 bits per heavy atom. The zero-order valence-electron chi connectivity index (χ0n) is 15.5. The van der Waals surface area contributed by atoms with Gasteiger partial charge in [-0.15, -0.1) is 0 Å². The Balaban J connectivity index is 2.15. The van der Waals surface area contributed by atoms with E-state index in [4.69, 9.17) is 37.4 Å². The molecule has 6 nitrogen and oxygen atoms in total.